The third-order valence-electron chi connectivity index (χ3n) is 2.98. The zero-order chi connectivity index (χ0) is 13.8. The van der Waals surface area contributed by atoms with Gasteiger partial charge in [-0.1, -0.05) is 12.1 Å². The Labute approximate surface area is 111 Å². The summed E-state index contributed by atoms with van der Waals surface area (Å²) in [7, 11) is 0. The molecule has 1 heterocycles. The van der Waals surface area contributed by atoms with Gasteiger partial charge in [0.05, 0.1) is 5.69 Å². The first-order chi connectivity index (χ1) is 9.08. The topological polar surface area (TPSA) is 33.0 Å². The van der Waals surface area contributed by atoms with Crippen LogP contribution < -0.4 is 9.88 Å². The number of hydrogen-bond donors (Lipinski definition) is 1. The summed E-state index contributed by atoms with van der Waals surface area (Å²) in [6, 6.07) is 9.57. The van der Waals surface area contributed by atoms with Gasteiger partial charge in [-0.2, -0.15) is 4.57 Å². The maximum Gasteiger partial charge on any atom is 0.293 e. The van der Waals surface area contributed by atoms with E-state index in [-0.39, 0.29) is 11.6 Å². The number of hydrogen-bond acceptors (Lipinski definition) is 1. The molecule has 0 aliphatic rings. The number of rotatable bonds is 3. The Balaban J connectivity index is 2.12. The Hall–Kier alpha value is -2.23. The van der Waals surface area contributed by atoms with Gasteiger partial charge in [-0.15, -0.1) is 0 Å². The number of nitrogens with one attached hydrogen (secondary N) is 1. The van der Waals surface area contributed by atoms with Gasteiger partial charge in [-0.3, -0.25) is 4.79 Å². The van der Waals surface area contributed by atoms with Crippen molar-refractivity contribution >= 4 is 11.6 Å². The summed E-state index contributed by atoms with van der Waals surface area (Å²) in [4.78, 5) is 12.1. The maximum absolute atomic E-state index is 13.4. The van der Waals surface area contributed by atoms with E-state index in [9.17, 15) is 9.18 Å². The van der Waals surface area contributed by atoms with Crippen LogP contribution in [0, 0.1) is 12.7 Å². The first-order valence-electron chi connectivity index (χ1n) is 6.11. The minimum Gasteiger partial charge on any atom is -0.318 e. The molecular formula is C15H16FN2O+. The van der Waals surface area contributed by atoms with Gasteiger partial charge in [0, 0.05) is 19.1 Å². The predicted octanol–water partition coefficient (Wildman–Crippen LogP) is 2.62. The van der Waals surface area contributed by atoms with Gasteiger partial charge in [0.2, 0.25) is 6.04 Å². The molecule has 19 heavy (non-hydrogen) atoms. The Kier molecular flexibility index (Phi) is 3.90. The van der Waals surface area contributed by atoms with Gasteiger partial charge in [0.1, 0.15) is 5.82 Å². The second-order valence-corrected chi connectivity index (χ2v) is 4.47. The number of nitrogens with zero attached hydrogens (tertiary/aromatic N) is 1. The molecule has 1 amide bonds. The molecule has 1 atom stereocenters. The molecule has 0 aliphatic heterocycles. The van der Waals surface area contributed by atoms with Crippen molar-refractivity contribution in [3.8, 4) is 0 Å². The van der Waals surface area contributed by atoms with Crippen molar-refractivity contribution in [2.24, 2.45) is 0 Å². The molecule has 0 bridgehead atoms. The van der Waals surface area contributed by atoms with Crippen molar-refractivity contribution in [3.63, 3.8) is 0 Å². The molecular weight excluding hydrogens is 243 g/mol. The van der Waals surface area contributed by atoms with Gasteiger partial charge in [0.25, 0.3) is 5.91 Å². The molecule has 4 heteroatoms. The average molecular weight is 259 g/mol. The third kappa shape index (κ3) is 3.16. The standard InChI is InChI=1S/C15H15FN2O/c1-11-7-9-18(10-8-11)12(2)15(19)17-14-6-4-3-5-13(14)16/h3-10,12H,1-2H3/p+1/t12-/m1/s1. The SMILES string of the molecule is Cc1cc[n+]([C@H](C)C(=O)Nc2ccccc2F)cc1. The normalized spacial score (nSPS) is 11.9. The van der Waals surface area contributed by atoms with Crippen molar-refractivity contribution < 1.29 is 13.8 Å². The second kappa shape index (κ2) is 5.61. The van der Waals surface area contributed by atoms with E-state index >= 15 is 0 Å². The van der Waals surface area contributed by atoms with Crippen molar-refractivity contribution in [3.05, 3.63) is 60.2 Å². The van der Waals surface area contributed by atoms with Crippen LogP contribution in [0.3, 0.4) is 0 Å². The van der Waals surface area contributed by atoms with Gasteiger partial charge in [-0.05, 0) is 24.6 Å². The minimum atomic E-state index is -0.433. The van der Waals surface area contributed by atoms with Crippen molar-refractivity contribution in [1.29, 1.82) is 0 Å². The number of benzene rings is 1. The lowest BCUT2D eigenvalue weighted by atomic mass is 10.2. The molecule has 0 saturated heterocycles. The fourth-order valence-corrected chi connectivity index (χ4v) is 1.71. The fraction of sp³-hybridized carbons (Fsp3) is 0.200. The highest BCUT2D eigenvalue weighted by atomic mass is 19.1. The van der Waals surface area contributed by atoms with E-state index in [1.807, 2.05) is 31.5 Å². The molecule has 0 aliphatic carbocycles. The molecule has 2 rings (SSSR count). The first-order valence-corrected chi connectivity index (χ1v) is 6.11. The number of amides is 1. The molecule has 1 aromatic carbocycles. The fourth-order valence-electron chi connectivity index (χ4n) is 1.71. The lowest BCUT2D eigenvalue weighted by Gasteiger charge is -2.09. The van der Waals surface area contributed by atoms with E-state index in [1.54, 1.807) is 29.7 Å². The van der Waals surface area contributed by atoms with Crippen molar-refractivity contribution in [2.75, 3.05) is 5.32 Å². The molecule has 1 aromatic heterocycles. The van der Waals surface area contributed by atoms with E-state index in [1.165, 1.54) is 6.07 Å². The average Bonchev–Trinajstić information content (AvgIpc) is 2.41. The van der Waals surface area contributed by atoms with Crippen LogP contribution >= 0.6 is 0 Å². The van der Waals surface area contributed by atoms with Gasteiger partial charge < -0.3 is 5.32 Å². The summed E-state index contributed by atoms with van der Waals surface area (Å²) in [5.41, 5.74) is 1.32. The zero-order valence-corrected chi connectivity index (χ0v) is 10.9. The zero-order valence-electron chi connectivity index (χ0n) is 10.9. The second-order valence-electron chi connectivity index (χ2n) is 4.47. The summed E-state index contributed by atoms with van der Waals surface area (Å²) in [5.74, 6) is -0.684. The van der Waals surface area contributed by atoms with E-state index < -0.39 is 11.9 Å². The number of carbonyl (C=O) groups excluding carboxylic acids is 1. The van der Waals surface area contributed by atoms with Crippen molar-refractivity contribution in [1.82, 2.24) is 0 Å². The van der Waals surface area contributed by atoms with E-state index in [0.717, 1.165) is 5.56 Å². The molecule has 0 unspecified atom stereocenters. The summed E-state index contributed by atoms with van der Waals surface area (Å²) in [6.45, 7) is 3.75. The Morgan fingerprint density at radius 2 is 1.84 bits per heavy atom. The Bertz CT molecular complexity index is 581. The van der Waals surface area contributed by atoms with Crippen LogP contribution in [0.25, 0.3) is 0 Å². The molecule has 0 saturated carbocycles. The smallest absolute Gasteiger partial charge is 0.293 e. The highest BCUT2D eigenvalue weighted by molar-refractivity contribution is 5.92. The number of aromatic nitrogens is 1. The first kappa shape index (κ1) is 13.2. The molecule has 3 nitrogen and oxygen atoms in total. The number of aryl methyl sites for hydroxylation is 1. The molecule has 0 radical (unpaired) electrons. The lowest BCUT2D eigenvalue weighted by Crippen LogP contribution is -2.44. The molecule has 98 valence electrons. The number of carbonyl (C=O) groups is 1. The summed E-state index contributed by atoms with van der Waals surface area (Å²) < 4.78 is 15.2. The van der Waals surface area contributed by atoms with Crippen LogP contribution in [0.4, 0.5) is 10.1 Å². The molecule has 0 fully saturated rings. The largest absolute Gasteiger partial charge is 0.318 e. The number of anilines is 1. The van der Waals surface area contributed by atoms with Gasteiger partial charge >= 0.3 is 0 Å². The van der Waals surface area contributed by atoms with Crippen LogP contribution in [-0.2, 0) is 4.79 Å². The highest BCUT2D eigenvalue weighted by Gasteiger charge is 2.22. The lowest BCUT2D eigenvalue weighted by molar-refractivity contribution is -0.705. The van der Waals surface area contributed by atoms with Crippen LogP contribution in [0.5, 0.6) is 0 Å². The number of para-hydroxylation sites is 1. The van der Waals surface area contributed by atoms with Crippen LogP contribution in [0.15, 0.2) is 48.8 Å². The third-order valence-corrected chi connectivity index (χ3v) is 2.98. The monoisotopic (exact) mass is 259 g/mol. The molecule has 2 aromatic rings. The summed E-state index contributed by atoms with van der Waals surface area (Å²) >= 11 is 0. The Morgan fingerprint density at radius 3 is 2.47 bits per heavy atom. The minimum absolute atomic E-state index is 0.201. The quantitative estimate of drug-likeness (QED) is 0.844. The summed E-state index contributed by atoms with van der Waals surface area (Å²) in [5, 5.41) is 2.59. The van der Waals surface area contributed by atoms with Crippen LogP contribution in [0.2, 0.25) is 0 Å². The maximum atomic E-state index is 13.4. The van der Waals surface area contributed by atoms with Crippen molar-refractivity contribution in [2.45, 2.75) is 19.9 Å². The summed E-state index contributed by atoms with van der Waals surface area (Å²) in [6.07, 6.45) is 3.67. The van der Waals surface area contributed by atoms with Crippen LogP contribution in [-0.4, -0.2) is 5.91 Å². The molecule has 0 spiro atoms. The highest BCUT2D eigenvalue weighted by Crippen LogP contribution is 2.13. The van der Waals surface area contributed by atoms with Gasteiger partial charge in [0.15, 0.2) is 12.4 Å². The van der Waals surface area contributed by atoms with Gasteiger partial charge in [-0.25, -0.2) is 4.39 Å². The Morgan fingerprint density at radius 1 is 1.21 bits per heavy atom. The van der Waals surface area contributed by atoms with E-state index in [0.29, 0.717) is 0 Å². The molecule has 1 N–H and O–H groups in total. The number of halogens is 1. The van der Waals surface area contributed by atoms with Crippen LogP contribution in [0.1, 0.15) is 18.5 Å². The predicted molar refractivity (Wildman–Crippen MR) is 71.1 cm³/mol. The van der Waals surface area contributed by atoms with E-state index in [2.05, 4.69) is 5.32 Å². The van der Waals surface area contributed by atoms with E-state index in [4.69, 9.17) is 0 Å². The number of pyridine rings is 1.